The minimum absolute atomic E-state index is 0.148. The standard InChI is InChI=1S/C13H16F3N5/c1-12(2,3)17-8-11-18-19-20-21(11)10-6-4-5-9(7-10)13(14,15)16/h4-7,17H,8H2,1-3H3. The zero-order valence-electron chi connectivity index (χ0n) is 11.9. The molecule has 0 aliphatic rings. The summed E-state index contributed by atoms with van der Waals surface area (Å²) in [7, 11) is 0. The largest absolute Gasteiger partial charge is 0.416 e. The maximum Gasteiger partial charge on any atom is 0.416 e. The highest BCUT2D eigenvalue weighted by molar-refractivity contribution is 5.36. The fourth-order valence-corrected chi connectivity index (χ4v) is 1.67. The topological polar surface area (TPSA) is 55.6 Å². The van der Waals surface area contributed by atoms with E-state index in [1.165, 1.54) is 16.8 Å². The van der Waals surface area contributed by atoms with Crippen molar-refractivity contribution >= 4 is 0 Å². The van der Waals surface area contributed by atoms with Crippen LogP contribution in [0.1, 0.15) is 32.2 Å². The van der Waals surface area contributed by atoms with Crippen molar-refractivity contribution < 1.29 is 13.2 Å². The van der Waals surface area contributed by atoms with E-state index in [2.05, 4.69) is 20.8 Å². The quantitative estimate of drug-likeness (QED) is 0.946. The lowest BCUT2D eigenvalue weighted by molar-refractivity contribution is -0.137. The SMILES string of the molecule is CC(C)(C)NCc1nnnn1-c1cccc(C(F)(F)F)c1. The molecule has 21 heavy (non-hydrogen) atoms. The van der Waals surface area contributed by atoms with Gasteiger partial charge in [0.05, 0.1) is 17.8 Å². The third kappa shape index (κ3) is 4.01. The van der Waals surface area contributed by atoms with Gasteiger partial charge in [-0.1, -0.05) is 6.07 Å². The first kappa shape index (κ1) is 15.4. The van der Waals surface area contributed by atoms with Crippen LogP contribution >= 0.6 is 0 Å². The minimum Gasteiger partial charge on any atom is -0.305 e. The predicted octanol–water partition coefficient (Wildman–Crippen LogP) is 2.57. The van der Waals surface area contributed by atoms with E-state index in [4.69, 9.17) is 0 Å². The van der Waals surface area contributed by atoms with Gasteiger partial charge in [0.25, 0.3) is 0 Å². The van der Waals surface area contributed by atoms with E-state index in [0.717, 1.165) is 12.1 Å². The molecule has 0 radical (unpaired) electrons. The monoisotopic (exact) mass is 299 g/mol. The molecule has 8 heteroatoms. The number of rotatable bonds is 3. The van der Waals surface area contributed by atoms with Crippen LogP contribution in [-0.2, 0) is 12.7 Å². The van der Waals surface area contributed by atoms with Crippen molar-refractivity contribution in [2.24, 2.45) is 0 Å². The minimum atomic E-state index is -4.39. The lowest BCUT2D eigenvalue weighted by Crippen LogP contribution is -2.35. The van der Waals surface area contributed by atoms with E-state index in [1.54, 1.807) is 0 Å². The van der Waals surface area contributed by atoms with Gasteiger partial charge in [-0.05, 0) is 49.4 Å². The second-order valence-electron chi connectivity index (χ2n) is 5.66. The second-order valence-corrected chi connectivity index (χ2v) is 5.66. The molecule has 0 aliphatic heterocycles. The Morgan fingerprint density at radius 3 is 2.52 bits per heavy atom. The van der Waals surface area contributed by atoms with Crippen LogP contribution in [-0.4, -0.2) is 25.7 Å². The van der Waals surface area contributed by atoms with Gasteiger partial charge in [-0.25, -0.2) is 0 Å². The molecular weight excluding hydrogens is 283 g/mol. The first-order valence-corrected chi connectivity index (χ1v) is 6.37. The van der Waals surface area contributed by atoms with E-state index in [0.29, 0.717) is 12.4 Å². The lowest BCUT2D eigenvalue weighted by Gasteiger charge is -2.20. The van der Waals surface area contributed by atoms with Crippen LogP contribution in [0, 0.1) is 0 Å². The first-order valence-electron chi connectivity index (χ1n) is 6.37. The molecule has 2 aromatic rings. The van der Waals surface area contributed by atoms with Crippen molar-refractivity contribution in [1.82, 2.24) is 25.5 Å². The molecular formula is C13H16F3N5. The van der Waals surface area contributed by atoms with Gasteiger partial charge in [0.2, 0.25) is 0 Å². The Hall–Kier alpha value is -1.96. The molecule has 114 valence electrons. The summed E-state index contributed by atoms with van der Waals surface area (Å²) < 4.78 is 39.5. The Labute approximate surface area is 120 Å². The van der Waals surface area contributed by atoms with Crippen molar-refractivity contribution in [2.45, 2.75) is 39.0 Å². The molecule has 2 rings (SSSR count). The van der Waals surface area contributed by atoms with Crippen LogP contribution in [0.5, 0.6) is 0 Å². The second kappa shape index (κ2) is 5.44. The molecule has 0 unspecified atom stereocenters. The molecule has 0 bridgehead atoms. The molecule has 0 saturated heterocycles. The Balaban J connectivity index is 2.29. The summed E-state index contributed by atoms with van der Waals surface area (Å²) in [6.45, 7) is 6.29. The van der Waals surface area contributed by atoms with Gasteiger partial charge in [0.15, 0.2) is 5.82 Å². The van der Waals surface area contributed by atoms with Gasteiger partial charge < -0.3 is 5.32 Å². The highest BCUT2D eigenvalue weighted by Crippen LogP contribution is 2.30. The molecule has 0 atom stereocenters. The summed E-state index contributed by atoms with van der Waals surface area (Å²) in [5, 5.41) is 14.3. The van der Waals surface area contributed by atoms with Gasteiger partial charge in [0.1, 0.15) is 0 Å². The average Bonchev–Trinajstić information content (AvgIpc) is 2.83. The Bertz CT molecular complexity index is 613. The van der Waals surface area contributed by atoms with Crippen molar-refractivity contribution in [2.75, 3.05) is 0 Å². The molecule has 1 aromatic carbocycles. The number of nitrogens with one attached hydrogen (secondary N) is 1. The summed E-state index contributed by atoms with van der Waals surface area (Å²) in [4.78, 5) is 0. The van der Waals surface area contributed by atoms with Gasteiger partial charge >= 0.3 is 6.18 Å². The highest BCUT2D eigenvalue weighted by Gasteiger charge is 2.30. The predicted molar refractivity (Wildman–Crippen MR) is 70.7 cm³/mol. The first-order chi connectivity index (χ1) is 9.67. The molecule has 0 fully saturated rings. The molecule has 0 spiro atoms. The van der Waals surface area contributed by atoms with E-state index >= 15 is 0 Å². The number of halogens is 3. The summed E-state index contributed by atoms with van der Waals surface area (Å²) in [6, 6.07) is 4.91. The van der Waals surface area contributed by atoms with Crippen LogP contribution in [0.25, 0.3) is 5.69 Å². The summed E-state index contributed by atoms with van der Waals surface area (Å²) >= 11 is 0. The van der Waals surface area contributed by atoms with Crippen molar-refractivity contribution in [3.63, 3.8) is 0 Å². The van der Waals surface area contributed by atoms with Crippen molar-refractivity contribution in [1.29, 1.82) is 0 Å². The molecule has 1 aromatic heterocycles. The van der Waals surface area contributed by atoms with Crippen molar-refractivity contribution in [3.8, 4) is 5.69 Å². The maximum atomic E-state index is 12.7. The van der Waals surface area contributed by atoms with Crippen LogP contribution < -0.4 is 5.32 Å². The number of hydrogen-bond acceptors (Lipinski definition) is 4. The fraction of sp³-hybridized carbons (Fsp3) is 0.462. The highest BCUT2D eigenvalue weighted by atomic mass is 19.4. The number of hydrogen-bond donors (Lipinski definition) is 1. The number of nitrogens with zero attached hydrogens (tertiary/aromatic N) is 4. The van der Waals surface area contributed by atoms with E-state index in [-0.39, 0.29) is 11.2 Å². The van der Waals surface area contributed by atoms with Crippen molar-refractivity contribution in [3.05, 3.63) is 35.7 Å². The number of tetrazole rings is 1. The average molecular weight is 299 g/mol. The van der Waals surface area contributed by atoms with Crippen LogP contribution in [0.2, 0.25) is 0 Å². The Kier molecular flexibility index (Phi) is 3.99. The van der Waals surface area contributed by atoms with E-state index < -0.39 is 11.7 Å². The van der Waals surface area contributed by atoms with Gasteiger partial charge in [-0.15, -0.1) is 5.10 Å². The Morgan fingerprint density at radius 1 is 1.19 bits per heavy atom. The third-order valence-electron chi connectivity index (χ3n) is 2.73. The summed E-state index contributed by atoms with van der Waals surface area (Å²) in [5.41, 5.74) is -0.601. The summed E-state index contributed by atoms with van der Waals surface area (Å²) in [5.74, 6) is 0.448. The van der Waals surface area contributed by atoms with E-state index in [9.17, 15) is 13.2 Å². The zero-order valence-corrected chi connectivity index (χ0v) is 11.9. The molecule has 1 N–H and O–H groups in total. The number of alkyl halides is 3. The van der Waals surface area contributed by atoms with Gasteiger partial charge in [-0.2, -0.15) is 17.9 Å². The van der Waals surface area contributed by atoms with Gasteiger partial charge in [0, 0.05) is 5.54 Å². The fourth-order valence-electron chi connectivity index (χ4n) is 1.67. The molecule has 0 saturated carbocycles. The smallest absolute Gasteiger partial charge is 0.305 e. The lowest BCUT2D eigenvalue weighted by atomic mass is 10.1. The number of aromatic nitrogens is 4. The molecule has 0 aliphatic carbocycles. The van der Waals surface area contributed by atoms with Crippen LogP contribution in [0.15, 0.2) is 24.3 Å². The molecule has 1 heterocycles. The normalized spacial score (nSPS) is 12.7. The zero-order chi connectivity index (χ0) is 15.7. The summed E-state index contributed by atoms with van der Waals surface area (Å²) in [6.07, 6.45) is -4.39. The molecule has 0 amide bonds. The third-order valence-corrected chi connectivity index (χ3v) is 2.73. The van der Waals surface area contributed by atoms with Crippen LogP contribution in [0.3, 0.4) is 0 Å². The number of benzene rings is 1. The molecule has 5 nitrogen and oxygen atoms in total. The van der Waals surface area contributed by atoms with E-state index in [1.807, 2.05) is 20.8 Å². The maximum absolute atomic E-state index is 12.7. The van der Waals surface area contributed by atoms with Crippen LogP contribution in [0.4, 0.5) is 13.2 Å². The Morgan fingerprint density at radius 2 is 1.90 bits per heavy atom. The van der Waals surface area contributed by atoms with Gasteiger partial charge in [-0.3, -0.25) is 0 Å².